The van der Waals surface area contributed by atoms with E-state index in [1.807, 2.05) is 4.90 Å². The van der Waals surface area contributed by atoms with Crippen LogP contribution in [0.1, 0.15) is 51.4 Å². The first-order valence-corrected chi connectivity index (χ1v) is 8.38. The van der Waals surface area contributed by atoms with E-state index in [0.717, 1.165) is 51.6 Å². The Morgan fingerprint density at radius 2 is 1.68 bits per heavy atom. The van der Waals surface area contributed by atoms with Crippen molar-refractivity contribution in [3.63, 3.8) is 0 Å². The van der Waals surface area contributed by atoms with Crippen LogP contribution in [-0.2, 0) is 14.4 Å². The number of carboxylic acid groups (broad SMARTS) is 1. The molecule has 1 saturated heterocycles. The van der Waals surface area contributed by atoms with Crippen molar-refractivity contribution in [1.29, 1.82) is 0 Å². The summed E-state index contributed by atoms with van der Waals surface area (Å²) in [6.07, 6.45) is 7.10. The van der Waals surface area contributed by atoms with Crippen LogP contribution in [-0.4, -0.2) is 47.4 Å². The lowest BCUT2D eigenvalue weighted by Gasteiger charge is -2.27. The Morgan fingerprint density at radius 1 is 1.05 bits per heavy atom. The quantitative estimate of drug-likeness (QED) is 0.726. The maximum Gasteiger partial charge on any atom is 0.316 e. The number of nitrogens with one attached hydrogen (secondary N) is 1. The number of aliphatic carboxylic acids is 1. The van der Waals surface area contributed by atoms with Gasteiger partial charge in [-0.2, -0.15) is 0 Å². The first kappa shape index (κ1) is 16.8. The minimum Gasteiger partial charge on any atom is -0.481 e. The number of piperidine rings is 1. The SMILES string of the molecule is O=C(O)C(C(=O)NCCC(=O)N1CCCCC1)C1CCCC1. The van der Waals surface area contributed by atoms with Gasteiger partial charge in [0, 0.05) is 26.1 Å². The van der Waals surface area contributed by atoms with Crippen LogP contribution in [0, 0.1) is 11.8 Å². The molecule has 1 aliphatic carbocycles. The maximum absolute atomic E-state index is 12.1. The molecule has 0 aromatic carbocycles. The summed E-state index contributed by atoms with van der Waals surface area (Å²) in [6.45, 7) is 1.82. The van der Waals surface area contributed by atoms with E-state index in [-0.39, 0.29) is 24.8 Å². The molecule has 0 radical (unpaired) electrons. The van der Waals surface area contributed by atoms with Crippen molar-refractivity contribution in [1.82, 2.24) is 10.2 Å². The van der Waals surface area contributed by atoms with Crippen molar-refractivity contribution < 1.29 is 19.5 Å². The van der Waals surface area contributed by atoms with Gasteiger partial charge in [-0.15, -0.1) is 0 Å². The third-order valence-corrected chi connectivity index (χ3v) is 4.77. The molecule has 0 aromatic rings. The predicted molar refractivity (Wildman–Crippen MR) is 81.1 cm³/mol. The largest absolute Gasteiger partial charge is 0.481 e. The Kier molecular flexibility index (Phi) is 6.21. The van der Waals surface area contributed by atoms with Gasteiger partial charge >= 0.3 is 5.97 Å². The smallest absolute Gasteiger partial charge is 0.316 e. The average molecular weight is 310 g/mol. The van der Waals surface area contributed by atoms with E-state index < -0.39 is 17.8 Å². The zero-order chi connectivity index (χ0) is 15.9. The van der Waals surface area contributed by atoms with Gasteiger partial charge in [0.05, 0.1) is 0 Å². The zero-order valence-electron chi connectivity index (χ0n) is 13.1. The number of carboxylic acids is 1. The summed E-state index contributed by atoms with van der Waals surface area (Å²) in [7, 11) is 0. The van der Waals surface area contributed by atoms with E-state index >= 15 is 0 Å². The highest BCUT2D eigenvalue weighted by Gasteiger charge is 2.36. The van der Waals surface area contributed by atoms with Crippen molar-refractivity contribution in [2.75, 3.05) is 19.6 Å². The second-order valence-corrected chi connectivity index (χ2v) is 6.34. The van der Waals surface area contributed by atoms with Gasteiger partial charge in [0.15, 0.2) is 0 Å². The second-order valence-electron chi connectivity index (χ2n) is 6.34. The van der Waals surface area contributed by atoms with E-state index in [1.54, 1.807) is 0 Å². The first-order valence-electron chi connectivity index (χ1n) is 8.38. The van der Waals surface area contributed by atoms with Crippen molar-refractivity contribution in [3.8, 4) is 0 Å². The van der Waals surface area contributed by atoms with Crippen molar-refractivity contribution in [2.45, 2.75) is 51.4 Å². The molecular weight excluding hydrogens is 284 g/mol. The molecule has 124 valence electrons. The van der Waals surface area contributed by atoms with Gasteiger partial charge in [0.2, 0.25) is 11.8 Å². The Morgan fingerprint density at radius 3 is 2.27 bits per heavy atom. The fraction of sp³-hybridized carbons (Fsp3) is 0.812. The molecule has 0 aromatic heterocycles. The number of likely N-dealkylation sites (tertiary alicyclic amines) is 1. The number of nitrogens with zero attached hydrogens (tertiary/aromatic N) is 1. The Bertz CT molecular complexity index is 412. The van der Waals surface area contributed by atoms with Gasteiger partial charge in [-0.05, 0) is 38.0 Å². The molecule has 22 heavy (non-hydrogen) atoms. The van der Waals surface area contributed by atoms with Gasteiger partial charge in [-0.25, -0.2) is 0 Å². The fourth-order valence-corrected chi connectivity index (χ4v) is 3.52. The zero-order valence-corrected chi connectivity index (χ0v) is 13.1. The number of rotatable bonds is 6. The number of hydrogen-bond acceptors (Lipinski definition) is 3. The molecule has 1 unspecified atom stereocenters. The van der Waals surface area contributed by atoms with Crippen LogP contribution in [0.2, 0.25) is 0 Å². The summed E-state index contributed by atoms with van der Waals surface area (Å²) in [5.74, 6) is -2.46. The van der Waals surface area contributed by atoms with E-state index in [4.69, 9.17) is 0 Å². The van der Waals surface area contributed by atoms with Crippen molar-refractivity contribution in [2.24, 2.45) is 11.8 Å². The van der Waals surface area contributed by atoms with Gasteiger partial charge < -0.3 is 15.3 Å². The summed E-state index contributed by atoms with van der Waals surface area (Å²) < 4.78 is 0. The molecule has 2 aliphatic rings. The Balaban J connectivity index is 1.75. The summed E-state index contributed by atoms with van der Waals surface area (Å²) in [5.41, 5.74) is 0. The van der Waals surface area contributed by atoms with E-state index in [0.29, 0.717) is 0 Å². The molecule has 1 heterocycles. The molecule has 2 amide bonds. The van der Waals surface area contributed by atoms with Crippen LogP contribution in [0.25, 0.3) is 0 Å². The second kappa shape index (κ2) is 8.15. The van der Waals surface area contributed by atoms with Crippen LogP contribution in [0.4, 0.5) is 0 Å². The predicted octanol–water partition coefficient (Wildman–Crippen LogP) is 1.40. The van der Waals surface area contributed by atoms with Gasteiger partial charge in [-0.1, -0.05) is 12.8 Å². The molecule has 1 atom stereocenters. The molecule has 1 aliphatic heterocycles. The average Bonchev–Trinajstić information content (AvgIpc) is 3.01. The molecule has 2 rings (SSSR count). The van der Waals surface area contributed by atoms with E-state index in [1.165, 1.54) is 6.42 Å². The Hall–Kier alpha value is -1.59. The maximum atomic E-state index is 12.1. The number of carbonyl (C=O) groups is 3. The topological polar surface area (TPSA) is 86.7 Å². The molecule has 2 fully saturated rings. The van der Waals surface area contributed by atoms with Crippen LogP contribution in [0.5, 0.6) is 0 Å². The van der Waals surface area contributed by atoms with Gasteiger partial charge in [0.25, 0.3) is 0 Å². The lowest BCUT2D eigenvalue weighted by atomic mass is 9.90. The van der Waals surface area contributed by atoms with Gasteiger partial charge in [0.1, 0.15) is 5.92 Å². The minimum absolute atomic E-state index is 0.0488. The Labute approximate surface area is 131 Å². The number of amides is 2. The minimum atomic E-state index is -1.05. The molecule has 6 nitrogen and oxygen atoms in total. The third-order valence-electron chi connectivity index (χ3n) is 4.77. The highest BCUT2D eigenvalue weighted by Crippen LogP contribution is 2.31. The summed E-state index contributed by atoms with van der Waals surface area (Å²) >= 11 is 0. The van der Waals surface area contributed by atoms with E-state index in [2.05, 4.69) is 5.32 Å². The van der Waals surface area contributed by atoms with Gasteiger partial charge in [-0.3, -0.25) is 14.4 Å². The highest BCUT2D eigenvalue weighted by atomic mass is 16.4. The monoisotopic (exact) mass is 310 g/mol. The standard InChI is InChI=1S/C16H26N2O4/c19-13(18-10-4-1-5-11-18)8-9-17-15(20)14(16(21)22)12-6-2-3-7-12/h12,14H,1-11H2,(H,17,20)(H,21,22). The fourth-order valence-electron chi connectivity index (χ4n) is 3.52. The summed E-state index contributed by atoms with van der Waals surface area (Å²) in [5, 5.41) is 11.9. The van der Waals surface area contributed by atoms with Crippen LogP contribution in [0.15, 0.2) is 0 Å². The van der Waals surface area contributed by atoms with Crippen molar-refractivity contribution in [3.05, 3.63) is 0 Å². The normalized spacial score (nSPS) is 20.6. The molecule has 1 saturated carbocycles. The molecular formula is C16H26N2O4. The first-order chi connectivity index (χ1) is 10.6. The highest BCUT2D eigenvalue weighted by molar-refractivity contribution is 5.97. The van der Waals surface area contributed by atoms with Crippen LogP contribution < -0.4 is 5.32 Å². The van der Waals surface area contributed by atoms with Crippen LogP contribution >= 0.6 is 0 Å². The lowest BCUT2D eigenvalue weighted by Crippen LogP contribution is -2.42. The summed E-state index contributed by atoms with van der Waals surface area (Å²) in [4.78, 5) is 37.3. The molecule has 0 bridgehead atoms. The number of carbonyl (C=O) groups excluding carboxylic acids is 2. The van der Waals surface area contributed by atoms with Crippen LogP contribution in [0.3, 0.4) is 0 Å². The lowest BCUT2D eigenvalue weighted by molar-refractivity contribution is -0.149. The third kappa shape index (κ3) is 4.45. The molecule has 2 N–H and O–H groups in total. The summed E-state index contributed by atoms with van der Waals surface area (Å²) in [6, 6.07) is 0. The van der Waals surface area contributed by atoms with Crippen molar-refractivity contribution >= 4 is 17.8 Å². The number of hydrogen-bond donors (Lipinski definition) is 2. The molecule has 0 spiro atoms. The van der Waals surface area contributed by atoms with E-state index in [9.17, 15) is 19.5 Å². The molecule has 6 heteroatoms.